The molecule has 0 saturated carbocycles. The fourth-order valence-electron chi connectivity index (χ4n) is 4.62. The molecular weight excluding hydrogens is 378 g/mol. The molecule has 3 rings (SSSR count). The van der Waals surface area contributed by atoms with Gasteiger partial charge in [0.1, 0.15) is 0 Å². The summed E-state index contributed by atoms with van der Waals surface area (Å²) >= 11 is 0. The summed E-state index contributed by atoms with van der Waals surface area (Å²) in [5, 5.41) is 0. The zero-order valence-electron chi connectivity index (χ0n) is 19.1. The number of benzene rings is 2. The van der Waals surface area contributed by atoms with Gasteiger partial charge in [0.15, 0.2) is 0 Å². The van der Waals surface area contributed by atoms with Gasteiger partial charge in [-0.2, -0.15) is 0 Å². The predicted octanol–water partition coefficient (Wildman–Crippen LogP) is 6.46. The van der Waals surface area contributed by atoms with Crippen LogP contribution >= 0.6 is 0 Å². The van der Waals surface area contributed by atoms with Crippen LogP contribution in [0, 0.1) is 0 Å². The first-order valence-corrected chi connectivity index (χ1v) is 11.0. The second kappa shape index (κ2) is 9.74. The second-order valence-corrected chi connectivity index (χ2v) is 8.39. The van der Waals surface area contributed by atoms with Crippen molar-refractivity contribution in [1.29, 1.82) is 0 Å². The molecule has 0 amide bonds. The summed E-state index contributed by atoms with van der Waals surface area (Å²) in [6, 6.07) is 19.6. The number of nitrogens with two attached hydrogens (primary N) is 1. The van der Waals surface area contributed by atoms with Crippen molar-refractivity contribution in [2.75, 3.05) is 0 Å². The van der Waals surface area contributed by atoms with Gasteiger partial charge in [-0.1, -0.05) is 81.3 Å². The van der Waals surface area contributed by atoms with Gasteiger partial charge in [0.25, 0.3) is 0 Å². The molecule has 2 aromatic carbocycles. The maximum absolute atomic E-state index is 6.05. The fourth-order valence-corrected chi connectivity index (χ4v) is 4.62. The highest BCUT2D eigenvalue weighted by molar-refractivity contribution is 5.36. The third-order valence-electron chi connectivity index (χ3n) is 6.20. The number of hydrogen-bond acceptors (Lipinski definition) is 3. The van der Waals surface area contributed by atoms with Crippen molar-refractivity contribution in [2.45, 2.75) is 51.6 Å². The van der Waals surface area contributed by atoms with Crippen molar-refractivity contribution in [3.8, 4) is 0 Å². The lowest BCUT2D eigenvalue weighted by Gasteiger charge is -2.38. The number of rotatable bonds is 8. The molecular formula is C28H35N3. The van der Waals surface area contributed by atoms with Crippen LogP contribution in [0.5, 0.6) is 0 Å². The Morgan fingerprint density at radius 1 is 1.19 bits per heavy atom. The molecule has 1 saturated heterocycles. The van der Waals surface area contributed by atoms with E-state index in [-0.39, 0.29) is 12.1 Å². The highest BCUT2D eigenvalue weighted by Gasteiger charge is 2.38. The molecule has 162 valence electrons. The highest BCUT2D eigenvalue weighted by atomic mass is 15.3. The summed E-state index contributed by atoms with van der Waals surface area (Å²) in [5.74, 6) is 0.387. The van der Waals surface area contributed by atoms with E-state index in [0.717, 1.165) is 35.5 Å². The van der Waals surface area contributed by atoms with E-state index in [2.05, 4.69) is 98.0 Å². The van der Waals surface area contributed by atoms with Gasteiger partial charge in [0.05, 0.1) is 6.04 Å². The molecule has 0 bridgehead atoms. The molecule has 1 aliphatic heterocycles. The fraction of sp³-hybridized carbons (Fsp3) is 0.286. The standard InChI is InChI=1S/C28H35N3/c1-7-24-14-16-26(17-15-24)28(30(8-2)19-20(3)29)23(6)31-21(4)18-27(22(31)5)25-12-10-9-11-13-25/h8-17,19,22,27-28H,2,4,6-7,18,29H2,1,3,5H3/b20-19+. The molecule has 0 aliphatic carbocycles. The Morgan fingerprint density at radius 3 is 2.39 bits per heavy atom. The quantitative estimate of drug-likeness (QED) is 0.539. The zero-order chi connectivity index (χ0) is 22.5. The first-order valence-electron chi connectivity index (χ1n) is 11.0. The SMILES string of the molecule is C=CN(/C=C(\C)N)C(C(=C)N1C(=C)CC(c2ccccc2)C1C)c1ccc(CC)cc1. The molecule has 0 aromatic heterocycles. The zero-order valence-corrected chi connectivity index (χ0v) is 19.1. The van der Waals surface area contributed by atoms with Crippen LogP contribution in [0.15, 0.2) is 104 Å². The Morgan fingerprint density at radius 2 is 1.84 bits per heavy atom. The molecule has 1 heterocycles. The van der Waals surface area contributed by atoms with Gasteiger partial charge in [-0.15, -0.1) is 0 Å². The van der Waals surface area contributed by atoms with Gasteiger partial charge in [0.2, 0.25) is 0 Å². The minimum atomic E-state index is -0.115. The van der Waals surface area contributed by atoms with Crippen LogP contribution in [0.4, 0.5) is 0 Å². The van der Waals surface area contributed by atoms with Crippen molar-refractivity contribution < 1.29 is 0 Å². The predicted molar refractivity (Wildman–Crippen MR) is 132 cm³/mol. The van der Waals surface area contributed by atoms with E-state index >= 15 is 0 Å². The lowest BCUT2D eigenvalue weighted by molar-refractivity contribution is 0.289. The Kier molecular flexibility index (Phi) is 7.06. The van der Waals surface area contributed by atoms with Gasteiger partial charge in [0, 0.05) is 35.3 Å². The molecule has 1 fully saturated rings. The average Bonchev–Trinajstić information content (AvgIpc) is 3.07. The van der Waals surface area contributed by atoms with Crippen molar-refractivity contribution in [2.24, 2.45) is 5.73 Å². The average molecular weight is 414 g/mol. The van der Waals surface area contributed by atoms with Gasteiger partial charge >= 0.3 is 0 Å². The van der Waals surface area contributed by atoms with Crippen molar-refractivity contribution >= 4 is 0 Å². The lowest BCUT2D eigenvalue weighted by atomic mass is 9.92. The summed E-state index contributed by atoms with van der Waals surface area (Å²) in [4.78, 5) is 4.36. The Hall–Kier alpha value is -3.20. The summed E-state index contributed by atoms with van der Waals surface area (Å²) < 4.78 is 0. The number of hydrogen-bond donors (Lipinski definition) is 1. The van der Waals surface area contributed by atoms with E-state index in [1.54, 1.807) is 0 Å². The third-order valence-corrected chi connectivity index (χ3v) is 6.20. The molecule has 2 N–H and O–H groups in total. The van der Waals surface area contributed by atoms with Crippen LogP contribution in [-0.2, 0) is 6.42 Å². The van der Waals surface area contributed by atoms with Crippen LogP contribution in [0.25, 0.3) is 0 Å². The van der Waals surface area contributed by atoms with Gasteiger partial charge in [-0.3, -0.25) is 0 Å². The van der Waals surface area contributed by atoms with Crippen LogP contribution in [0.2, 0.25) is 0 Å². The smallest absolute Gasteiger partial charge is 0.0977 e. The summed E-state index contributed by atoms with van der Waals surface area (Å²) in [5.41, 5.74) is 12.7. The Labute approximate surface area is 187 Å². The summed E-state index contributed by atoms with van der Waals surface area (Å²) in [6.45, 7) is 19.3. The summed E-state index contributed by atoms with van der Waals surface area (Å²) in [7, 11) is 0. The van der Waals surface area contributed by atoms with E-state index in [9.17, 15) is 0 Å². The molecule has 3 heteroatoms. The lowest BCUT2D eigenvalue weighted by Crippen LogP contribution is -2.34. The molecule has 3 unspecified atom stereocenters. The largest absolute Gasteiger partial charge is 0.401 e. The number of aryl methyl sites for hydroxylation is 1. The highest BCUT2D eigenvalue weighted by Crippen LogP contribution is 2.44. The number of allylic oxidation sites excluding steroid dienone is 2. The van der Waals surface area contributed by atoms with E-state index < -0.39 is 0 Å². The van der Waals surface area contributed by atoms with Gasteiger partial charge in [-0.25, -0.2) is 0 Å². The molecule has 0 spiro atoms. The van der Waals surface area contributed by atoms with E-state index in [1.807, 2.05) is 19.3 Å². The van der Waals surface area contributed by atoms with Gasteiger partial charge < -0.3 is 15.5 Å². The first kappa shape index (κ1) is 22.5. The van der Waals surface area contributed by atoms with Crippen LogP contribution in [0.3, 0.4) is 0 Å². The Bertz CT molecular complexity index is 952. The minimum absolute atomic E-state index is 0.115. The van der Waals surface area contributed by atoms with E-state index in [0.29, 0.717) is 5.92 Å². The molecule has 0 radical (unpaired) electrons. The summed E-state index contributed by atoms with van der Waals surface area (Å²) in [6.07, 6.45) is 5.68. The Balaban J connectivity index is 1.99. The first-order chi connectivity index (χ1) is 14.9. The molecule has 3 nitrogen and oxygen atoms in total. The molecule has 3 atom stereocenters. The van der Waals surface area contributed by atoms with Crippen LogP contribution < -0.4 is 5.73 Å². The topological polar surface area (TPSA) is 32.5 Å². The maximum Gasteiger partial charge on any atom is 0.0977 e. The van der Waals surface area contributed by atoms with Crippen molar-refractivity contribution in [1.82, 2.24) is 9.80 Å². The monoisotopic (exact) mass is 413 g/mol. The van der Waals surface area contributed by atoms with E-state index in [4.69, 9.17) is 5.73 Å². The van der Waals surface area contributed by atoms with Gasteiger partial charge in [-0.05, 0) is 49.6 Å². The third kappa shape index (κ3) is 4.77. The maximum atomic E-state index is 6.05. The van der Waals surface area contributed by atoms with Crippen molar-refractivity contribution in [3.63, 3.8) is 0 Å². The van der Waals surface area contributed by atoms with Crippen LogP contribution in [0.1, 0.15) is 55.8 Å². The second-order valence-electron chi connectivity index (χ2n) is 8.39. The number of likely N-dealkylation sites (tertiary alicyclic amines) is 1. The molecule has 31 heavy (non-hydrogen) atoms. The van der Waals surface area contributed by atoms with Crippen molar-refractivity contribution in [3.05, 3.63) is 121 Å². The minimum Gasteiger partial charge on any atom is -0.401 e. The molecule has 2 aromatic rings. The molecule has 1 aliphatic rings. The normalized spacial score (nSPS) is 19.9. The van der Waals surface area contributed by atoms with E-state index in [1.165, 1.54) is 11.1 Å². The van der Waals surface area contributed by atoms with Crippen LogP contribution in [-0.4, -0.2) is 15.8 Å². The number of nitrogens with zero attached hydrogens (tertiary/aromatic N) is 2.